The number of benzene rings is 3. The molecule has 3 aromatic carbocycles. The van der Waals surface area contributed by atoms with Crippen LogP contribution in [0.1, 0.15) is 48.8 Å². The number of hydrogen-bond donors (Lipinski definition) is 1. The number of aromatic nitrogens is 2. The van der Waals surface area contributed by atoms with E-state index in [1.165, 1.54) is 23.7 Å². The van der Waals surface area contributed by atoms with Gasteiger partial charge in [-0.05, 0) is 42.5 Å². The summed E-state index contributed by atoms with van der Waals surface area (Å²) in [4.78, 5) is 32.7. The zero-order valence-electron chi connectivity index (χ0n) is 22.7. The van der Waals surface area contributed by atoms with E-state index in [4.69, 9.17) is 9.72 Å². The first-order valence-electron chi connectivity index (χ1n) is 13.9. The summed E-state index contributed by atoms with van der Waals surface area (Å²) in [5.41, 5.74) is 5.35. The molecule has 0 radical (unpaired) electrons. The Morgan fingerprint density at radius 2 is 1.77 bits per heavy atom. The molecule has 0 unspecified atom stereocenters. The molecule has 1 heterocycles. The van der Waals surface area contributed by atoms with Crippen LogP contribution in [0.2, 0.25) is 0 Å². The van der Waals surface area contributed by atoms with Crippen molar-refractivity contribution in [2.75, 3.05) is 12.9 Å². The molecule has 1 spiro atoms. The molecule has 2 aliphatic rings. The first-order valence-corrected chi connectivity index (χ1v) is 14.9. The summed E-state index contributed by atoms with van der Waals surface area (Å²) in [5.74, 6) is 0.702. The van der Waals surface area contributed by atoms with Crippen LogP contribution in [-0.2, 0) is 23.2 Å². The van der Waals surface area contributed by atoms with Crippen molar-refractivity contribution in [3.8, 4) is 22.7 Å². The van der Waals surface area contributed by atoms with Gasteiger partial charge in [-0.15, -0.1) is 0 Å². The highest BCUT2D eigenvalue weighted by molar-refractivity contribution is 7.99. The fraction of sp³-hybridized carbons (Fsp3) is 0.303. The molecular weight excluding hydrogens is 518 g/mol. The molecule has 0 bridgehead atoms. The summed E-state index contributed by atoms with van der Waals surface area (Å²) in [6, 6.07) is 25.7. The molecule has 1 saturated carbocycles. The molecule has 0 atom stereocenters. The van der Waals surface area contributed by atoms with E-state index in [1.54, 1.807) is 11.7 Å². The Bertz CT molecular complexity index is 1590. The maximum Gasteiger partial charge on any atom is 0.263 e. The molecule has 1 fully saturated rings. The number of thioether (sulfide) groups is 1. The van der Waals surface area contributed by atoms with Crippen LogP contribution < -0.4 is 15.6 Å². The zero-order valence-corrected chi connectivity index (χ0v) is 23.5. The van der Waals surface area contributed by atoms with Crippen LogP contribution in [0.15, 0.2) is 88.8 Å². The highest BCUT2D eigenvalue weighted by Gasteiger charge is 2.43. The number of amides is 1. The van der Waals surface area contributed by atoms with Gasteiger partial charge in [0.15, 0.2) is 5.16 Å². The number of methoxy groups -OCH3 is 1. The predicted octanol–water partition coefficient (Wildman–Crippen LogP) is 6.07. The topological polar surface area (TPSA) is 73.2 Å². The Balaban J connectivity index is 1.44. The van der Waals surface area contributed by atoms with Gasteiger partial charge in [-0.2, -0.15) is 0 Å². The smallest absolute Gasteiger partial charge is 0.263 e. The Kier molecular flexibility index (Phi) is 7.48. The minimum Gasteiger partial charge on any atom is -0.497 e. The van der Waals surface area contributed by atoms with Crippen molar-refractivity contribution in [1.82, 2.24) is 14.9 Å². The molecule has 6 rings (SSSR count). The third-order valence-corrected chi connectivity index (χ3v) is 9.11. The molecule has 2 aliphatic carbocycles. The van der Waals surface area contributed by atoms with Crippen LogP contribution in [0.3, 0.4) is 0 Å². The number of ether oxygens (including phenoxy) is 1. The minimum absolute atomic E-state index is 0.0400. The van der Waals surface area contributed by atoms with Crippen LogP contribution in [0.5, 0.6) is 5.75 Å². The van der Waals surface area contributed by atoms with E-state index >= 15 is 0 Å². The Morgan fingerprint density at radius 1 is 1.00 bits per heavy atom. The number of nitrogens with zero attached hydrogens (tertiary/aromatic N) is 2. The lowest BCUT2D eigenvalue weighted by atomic mass is 9.62. The maximum atomic E-state index is 14.6. The zero-order chi connectivity index (χ0) is 27.5. The lowest BCUT2D eigenvalue weighted by Crippen LogP contribution is -2.43. The molecule has 4 aromatic rings. The van der Waals surface area contributed by atoms with Gasteiger partial charge < -0.3 is 10.1 Å². The lowest BCUT2D eigenvalue weighted by molar-refractivity contribution is -0.118. The van der Waals surface area contributed by atoms with Crippen LogP contribution in [0.25, 0.3) is 16.9 Å². The third kappa shape index (κ3) is 5.06. The van der Waals surface area contributed by atoms with E-state index in [-0.39, 0.29) is 22.6 Å². The van der Waals surface area contributed by atoms with Crippen molar-refractivity contribution in [3.63, 3.8) is 0 Å². The minimum atomic E-state index is -0.219. The normalized spacial score (nSPS) is 15.2. The summed E-state index contributed by atoms with van der Waals surface area (Å²) < 4.78 is 7.19. The number of fused-ring (bicyclic) bond motifs is 4. The van der Waals surface area contributed by atoms with Crippen LogP contribution in [0, 0.1) is 0 Å². The summed E-state index contributed by atoms with van der Waals surface area (Å²) in [5, 5.41) is 3.50. The molecule has 1 N–H and O–H groups in total. The largest absolute Gasteiger partial charge is 0.497 e. The van der Waals surface area contributed by atoms with E-state index in [1.807, 2.05) is 60.7 Å². The van der Waals surface area contributed by atoms with E-state index in [0.717, 1.165) is 54.5 Å². The SMILES string of the molecule is COc1cccc(-n2c(SCC(=O)NCc3ccccc3)nc3c(c2=O)C2(CCCCC2)Cc2ccccc2-3)c1. The number of rotatable bonds is 7. The van der Waals surface area contributed by atoms with Crippen molar-refractivity contribution in [2.45, 2.75) is 55.6 Å². The van der Waals surface area contributed by atoms with Crippen molar-refractivity contribution < 1.29 is 9.53 Å². The van der Waals surface area contributed by atoms with Crippen LogP contribution in [0.4, 0.5) is 0 Å². The van der Waals surface area contributed by atoms with Gasteiger partial charge in [-0.1, -0.05) is 91.7 Å². The average Bonchev–Trinajstić information content (AvgIpc) is 2.99. The van der Waals surface area contributed by atoms with Gasteiger partial charge in [-0.25, -0.2) is 4.98 Å². The standard InChI is InChI=1S/C33H33N3O3S/c1-39-26-15-10-14-25(19-26)36-31(38)29-30(27-16-7-6-13-24(27)20-33(29)17-8-3-9-18-33)35-32(36)40-22-28(37)34-21-23-11-4-2-5-12-23/h2,4-7,10-16,19H,3,8-9,17-18,20-22H2,1H3,(H,34,37). The molecule has 0 saturated heterocycles. The van der Waals surface area contributed by atoms with Crippen LogP contribution >= 0.6 is 11.8 Å². The molecular formula is C33H33N3O3S. The van der Waals surface area contributed by atoms with Crippen molar-refractivity contribution in [1.29, 1.82) is 0 Å². The van der Waals surface area contributed by atoms with Gasteiger partial charge in [0.25, 0.3) is 5.56 Å². The molecule has 204 valence electrons. The van der Waals surface area contributed by atoms with Crippen molar-refractivity contribution >= 4 is 17.7 Å². The summed E-state index contributed by atoms with van der Waals surface area (Å²) in [6.45, 7) is 0.455. The van der Waals surface area contributed by atoms with E-state index in [9.17, 15) is 9.59 Å². The van der Waals surface area contributed by atoms with E-state index in [0.29, 0.717) is 23.1 Å². The number of hydrogen-bond acceptors (Lipinski definition) is 5. The Hall–Kier alpha value is -3.84. The Labute approximate surface area is 238 Å². The fourth-order valence-corrected chi connectivity index (χ4v) is 7.08. The van der Waals surface area contributed by atoms with Gasteiger partial charge >= 0.3 is 0 Å². The van der Waals surface area contributed by atoms with Gasteiger partial charge in [0.2, 0.25) is 5.91 Å². The second-order valence-electron chi connectivity index (χ2n) is 10.7. The summed E-state index contributed by atoms with van der Waals surface area (Å²) >= 11 is 1.29. The van der Waals surface area contributed by atoms with Crippen molar-refractivity contribution in [2.24, 2.45) is 0 Å². The fourth-order valence-electron chi connectivity index (χ4n) is 6.24. The van der Waals surface area contributed by atoms with Gasteiger partial charge in [0.1, 0.15) is 5.75 Å². The van der Waals surface area contributed by atoms with E-state index in [2.05, 4.69) is 23.5 Å². The van der Waals surface area contributed by atoms with Gasteiger partial charge in [0.05, 0.1) is 29.8 Å². The Morgan fingerprint density at radius 3 is 2.58 bits per heavy atom. The van der Waals surface area contributed by atoms with Gasteiger partial charge in [0, 0.05) is 23.6 Å². The maximum absolute atomic E-state index is 14.6. The second-order valence-corrected chi connectivity index (χ2v) is 11.6. The summed E-state index contributed by atoms with van der Waals surface area (Å²) in [6.07, 6.45) is 6.24. The quantitative estimate of drug-likeness (QED) is 0.223. The number of nitrogens with one attached hydrogen (secondary N) is 1. The average molecular weight is 552 g/mol. The number of carbonyl (C=O) groups excluding carboxylic acids is 1. The van der Waals surface area contributed by atoms with Crippen LogP contribution in [-0.4, -0.2) is 28.3 Å². The van der Waals surface area contributed by atoms with Crippen molar-refractivity contribution in [3.05, 3.63) is 106 Å². The monoisotopic (exact) mass is 551 g/mol. The molecule has 1 amide bonds. The lowest BCUT2D eigenvalue weighted by Gasteiger charge is -2.42. The highest BCUT2D eigenvalue weighted by atomic mass is 32.2. The van der Waals surface area contributed by atoms with Gasteiger partial charge in [-0.3, -0.25) is 14.2 Å². The highest BCUT2D eigenvalue weighted by Crippen LogP contribution is 2.49. The molecule has 6 nitrogen and oxygen atoms in total. The molecule has 0 aliphatic heterocycles. The van der Waals surface area contributed by atoms with E-state index < -0.39 is 0 Å². The first kappa shape index (κ1) is 26.4. The summed E-state index contributed by atoms with van der Waals surface area (Å²) in [7, 11) is 1.62. The third-order valence-electron chi connectivity index (χ3n) is 8.17. The number of carbonyl (C=O) groups is 1. The molecule has 7 heteroatoms. The second kappa shape index (κ2) is 11.3. The molecule has 1 aromatic heterocycles. The molecule has 40 heavy (non-hydrogen) atoms. The predicted molar refractivity (Wildman–Crippen MR) is 159 cm³/mol. The first-order chi connectivity index (χ1) is 19.6.